The third kappa shape index (κ3) is 2.95. The molecule has 2 unspecified atom stereocenters. The topological polar surface area (TPSA) is 32.3 Å². The van der Waals surface area contributed by atoms with Crippen molar-refractivity contribution in [2.45, 2.75) is 57.2 Å². The van der Waals surface area contributed by atoms with Crippen LogP contribution < -0.4 is 5.32 Å². The fourth-order valence-electron chi connectivity index (χ4n) is 3.79. The molecule has 0 spiro atoms. The SMILES string of the molecule is Cc1cc(C(=O)NC2CC3CCCC(C2)N3C)ccc1F. The van der Waals surface area contributed by atoms with E-state index in [1.54, 1.807) is 19.1 Å². The Balaban J connectivity index is 1.66. The second-order valence-electron chi connectivity index (χ2n) is 6.51. The maximum atomic E-state index is 13.3. The van der Waals surface area contributed by atoms with Crippen LogP contribution in [-0.4, -0.2) is 36.0 Å². The van der Waals surface area contributed by atoms with Gasteiger partial charge in [-0.25, -0.2) is 4.39 Å². The molecule has 1 N–H and O–H groups in total. The molecule has 2 atom stereocenters. The normalized spacial score (nSPS) is 29.2. The van der Waals surface area contributed by atoms with Crippen LogP contribution in [0.15, 0.2) is 18.2 Å². The number of hydrogen-bond donors (Lipinski definition) is 1. The number of carbonyl (C=O) groups excluding carboxylic acids is 1. The zero-order chi connectivity index (χ0) is 15.0. The molecule has 1 amide bonds. The van der Waals surface area contributed by atoms with Crippen LogP contribution in [0.25, 0.3) is 0 Å². The molecule has 2 aliphatic rings. The summed E-state index contributed by atoms with van der Waals surface area (Å²) >= 11 is 0. The van der Waals surface area contributed by atoms with Crippen LogP contribution in [0, 0.1) is 12.7 Å². The van der Waals surface area contributed by atoms with Gasteiger partial charge in [-0.15, -0.1) is 0 Å². The highest BCUT2D eigenvalue weighted by Crippen LogP contribution is 2.32. The number of aryl methyl sites for hydroxylation is 1. The highest BCUT2D eigenvalue weighted by atomic mass is 19.1. The molecule has 0 aliphatic carbocycles. The number of nitrogens with one attached hydrogen (secondary N) is 1. The van der Waals surface area contributed by atoms with Gasteiger partial charge in [0.2, 0.25) is 0 Å². The van der Waals surface area contributed by atoms with Crippen LogP contribution in [0.1, 0.15) is 48.0 Å². The fourth-order valence-corrected chi connectivity index (χ4v) is 3.79. The monoisotopic (exact) mass is 290 g/mol. The van der Waals surface area contributed by atoms with Crippen LogP contribution in [0.3, 0.4) is 0 Å². The summed E-state index contributed by atoms with van der Waals surface area (Å²) in [5.41, 5.74) is 1.07. The number of amides is 1. The highest BCUT2D eigenvalue weighted by molar-refractivity contribution is 5.94. The number of benzene rings is 1. The van der Waals surface area contributed by atoms with Crippen molar-refractivity contribution in [2.24, 2.45) is 0 Å². The number of carbonyl (C=O) groups is 1. The largest absolute Gasteiger partial charge is 0.349 e. The number of nitrogens with zero attached hydrogens (tertiary/aromatic N) is 1. The van der Waals surface area contributed by atoms with Gasteiger partial charge in [0, 0.05) is 23.7 Å². The van der Waals surface area contributed by atoms with E-state index in [1.165, 1.54) is 25.3 Å². The van der Waals surface area contributed by atoms with Crippen molar-refractivity contribution in [3.05, 3.63) is 35.1 Å². The van der Waals surface area contributed by atoms with Crippen molar-refractivity contribution in [1.29, 1.82) is 0 Å². The molecule has 2 saturated heterocycles. The van der Waals surface area contributed by atoms with Crippen molar-refractivity contribution < 1.29 is 9.18 Å². The lowest BCUT2D eigenvalue weighted by molar-refractivity contribution is 0.0463. The molecule has 114 valence electrons. The lowest BCUT2D eigenvalue weighted by Gasteiger charge is -2.47. The van der Waals surface area contributed by atoms with E-state index in [-0.39, 0.29) is 17.8 Å². The molecule has 1 aromatic carbocycles. The molecule has 2 bridgehead atoms. The smallest absolute Gasteiger partial charge is 0.251 e. The highest BCUT2D eigenvalue weighted by Gasteiger charge is 2.36. The molecule has 1 aromatic rings. The molecule has 0 saturated carbocycles. The third-order valence-electron chi connectivity index (χ3n) is 5.10. The second-order valence-corrected chi connectivity index (χ2v) is 6.51. The van der Waals surface area contributed by atoms with Crippen LogP contribution in [-0.2, 0) is 0 Å². The van der Waals surface area contributed by atoms with Crippen molar-refractivity contribution in [3.63, 3.8) is 0 Å². The van der Waals surface area contributed by atoms with E-state index in [0.29, 0.717) is 23.2 Å². The average Bonchev–Trinajstić information content (AvgIpc) is 2.43. The van der Waals surface area contributed by atoms with Crippen molar-refractivity contribution in [1.82, 2.24) is 10.2 Å². The second kappa shape index (κ2) is 5.76. The van der Waals surface area contributed by atoms with Gasteiger partial charge >= 0.3 is 0 Å². The molecule has 0 radical (unpaired) electrons. The van der Waals surface area contributed by atoms with Gasteiger partial charge in [-0.1, -0.05) is 6.42 Å². The average molecular weight is 290 g/mol. The van der Waals surface area contributed by atoms with Gasteiger partial charge in [0.15, 0.2) is 0 Å². The van der Waals surface area contributed by atoms with E-state index >= 15 is 0 Å². The van der Waals surface area contributed by atoms with E-state index in [0.717, 1.165) is 12.8 Å². The van der Waals surface area contributed by atoms with E-state index in [2.05, 4.69) is 17.3 Å². The molecule has 2 fully saturated rings. The number of hydrogen-bond acceptors (Lipinski definition) is 2. The first-order chi connectivity index (χ1) is 10.0. The molecule has 21 heavy (non-hydrogen) atoms. The summed E-state index contributed by atoms with van der Waals surface area (Å²) in [5, 5.41) is 3.14. The van der Waals surface area contributed by atoms with Gasteiger partial charge in [0.25, 0.3) is 5.91 Å². The van der Waals surface area contributed by atoms with Crippen LogP contribution in [0.5, 0.6) is 0 Å². The molecule has 4 heteroatoms. The quantitative estimate of drug-likeness (QED) is 0.908. The maximum Gasteiger partial charge on any atom is 0.251 e. The van der Waals surface area contributed by atoms with Gasteiger partial charge in [-0.2, -0.15) is 0 Å². The Morgan fingerprint density at radius 3 is 2.57 bits per heavy atom. The third-order valence-corrected chi connectivity index (χ3v) is 5.10. The van der Waals surface area contributed by atoms with E-state index in [4.69, 9.17) is 0 Å². The molecular weight excluding hydrogens is 267 g/mol. The van der Waals surface area contributed by atoms with Gasteiger partial charge in [0.05, 0.1) is 0 Å². The molecule has 3 nitrogen and oxygen atoms in total. The minimum Gasteiger partial charge on any atom is -0.349 e. The summed E-state index contributed by atoms with van der Waals surface area (Å²) in [4.78, 5) is 14.8. The van der Waals surface area contributed by atoms with Gasteiger partial charge < -0.3 is 10.2 Å². The Morgan fingerprint density at radius 2 is 1.95 bits per heavy atom. The Labute approximate surface area is 125 Å². The fraction of sp³-hybridized carbons (Fsp3) is 0.588. The lowest BCUT2D eigenvalue weighted by atomic mass is 9.82. The number of halogens is 1. The minimum atomic E-state index is -0.264. The predicted molar refractivity (Wildman–Crippen MR) is 80.8 cm³/mol. The Kier molecular flexibility index (Phi) is 3.98. The summed E-state index contributed by atoms with van der Waals surface area (Å²) in [6, 6.07) is 5.99. The van der Waals surface area contributed by atoms with Crippen LogP contribution >= 0.6 is 0 Å². The minimum absolute atomic E-state index is 0.0780. The molecule has 0 aromatic heterocycles. The molecule has 3 rings (SSSR count). The first-order valence-electron chi connectivity index (χ1n) is 7.83. The maximum absolute atomic E-state index is 13.3. The Morgan fingerprint density at radius 1 is 1.29 bits per heavy atom. The summed E-state index contributed by atoms with van der Waals surface area (Å²) in [6.07, 6.45) is 5.82. The van der Waals surface area contributed by atoms with Crippen LogP contribution in [0.4, 0.5) is 4.39 Å². The summed E-state index contributed by atoms with van der Waals surface area (Å²) < 4.78 is 13.3. The van der Waals surface area contributed by atoms with Crippen LogP contribution in [0.2, 0.25) is 0 Å². The predicted octanol–water partition coefficient (Wildman–Crippen LogP) is 2.88. The summed E-state index contributed by atoms with van der Waals surface area (Å²) in [5.74, 6) is -0.342. The van der Waals surface area contributed by atoms with E-state index in [9.17, 15) is 9.18 Å². The Bertz CT molecular complexity index is 532. The molecular formula is C17H23FN2O. The number of fused-ring (bicyclic) bond motifs is 2. The zero-order valence-electron chi connectivity index (χ0n) is 12.7. The zero-order valence-corrected chi connectivity index (χ0v) is 12.7. The number of piperidine rings is 2. The Hall–Kier alpha value is -1.42. The van der Waals surface area contributed by atoms with E-state index < -0.39 is 0 Å². The summed E-state index contributed by atoms with van der Waals surface area (Å²) in [7, 11) is 2.20. The van der Waals surface area contributed by atoms with Gasteiger partial charge in [-0.3, -0.25) is 4.79 Å². The lowest BCUT2D eigenvalue weighted by Crippen LogP contribution is -2.55. The van der Waals surface area contributed by atoms with Crippen molar-refractivity contribution in [2.75, 3.05) is 7.05 Å². The van der Waals surface area contributed by atoms with E-state index in [1.807, 2.05) is 0 Å². The number of rotatable bonds is 2. The first-order valence-corrected chi connectivity index (χ1v) is 7.83. The molecule has 2 heterocycles. The standard InChI is InChI=1S/C17H23FN2O/c1-11-8-12(6-7-16(11)18)17(21)19-13-9-14-4-3-5-15(10-13)20(14)2/h6-8,13-15H,3-5,9-10H2,1-2H3,(H,19,21). The first kappa shape index (κ1) is 14.5. The van der Waals surface area contributed by atoms with Gasteiger partial charge in [0.1, 0.15) is 5.82 Å². The van der Waals surface area contributed by atoms with Crippen molar-refractivity contribution >= 4 is 5.91 Å². The van der Waals surface area contributed by atoms with Crippen molar-refractivity contribution in [3.8, 4) is 0 Å². The molecule has 2 aliphatic heterocycles. The van der Waals surface area contributed by atoms with Gasteiger partial charge in [-0.05, 0) is 63.4 Å². The summed E-state index contributed by atoms with van der Waals surface area (Å²) in [6.45, 7) is 1.69.